The summed E-state index contributed by atoms with van der Waals surface area (Å²) in [5.41, 5.74) is 0. The van der Waals surface area contributed by atoms with Crippen LogP contribution in [-0.4, -0.2) is 17.3 Å². The molecule has 1 unspecified atom stereocenters. The Hall–Kier alpha value is -0.500. The molecule has 2 aliphatic carbocycles. The van der Waals surface area contributed by atoms with Crippen molar-refractivity contribution in [1.82, 2.24) is 0 Å². The van der Waals surface area contributed by atoms with Gasteiger partial charge in [0.1, 0.15) is 6.10 Å². The number of hydrogen-bond acceptors (Lipinski definition) is 2. The average molecular weight is 337 g/mol. The van der Waals surface area contributed by atoms with Crippen molar-refractivity contribution in [1.29, 1.82) is 0 Å². The molecule has 2 fully saturated rings. The molecule has 2 aliphatic rings. The van der Waals surface area contributed by atoms with Crippen LogP contribution in [0.25, 0.3) is 0 Å². The van der Waals surface area contributed by atoms with Crippen LogP contribution in [0.15, 0.2) is 12.3 Å². The van der Waals surface area contributed by atoms with Crippen LogP contribution in [0.2, 0.25) is 0 Å². The molecule has 0 aromatic carbocycles. The molecule has 0 aromatic heterocycles. The average Bonchev–Trinajstić information content (AvgIpc) is 2.64. The van der Waals surface area contributed by atoms with Crippen molar-refractivity contribution in [3.05, 3.63) is 12.3 Å². The first-order valence-electron chi connectivity index (χ1n) is 10.7. The lowest BCUT2D eigenvalue weighted by Crippen LogP contribution is -2.41. The quantitative estimate of drug-likeness (QED) is 0.505. The number of unbranched alkanes of at least 4 members (excludes halogenated alkanes) is 1. The molecule has 24 heavy (non-hydrogen) atoms. The summed E-state index contributed by atoms with van der Waals surface area (Å²) in [7, 11) is 0. The largest absolute Gasteiger partial charge is 0.495 e. The normalized spacial score (nSPS) is 24.8. The van der Waals surface area contributed by atoms with Gasteiger partial charge in [-0.15, -0.1) is 0 Å². The Kier molecular flexibility index (Phi) is 9.23. The van der Waals surface area contributed by atoms with Crippen LogP contribution >= 0.6 is 0 Å². The minimum atomic E-state index is -0.274. The van der Waals surface area contributed by atoms with E-state index in [0.717, 1.165) is 0 Å². The van der Waals surface area contributed by atoms with Gasteiger partial charge in [-0.2, -0.15) is 0 Å². The van der Waals surface area contributed by atoms with Gasteiger partial charge < -0.3 is 9.84 Å². The van der Waals surface area contributed by atoms with E-state index in [-0.39, 0.29) is 12.2 Å². The third-order valence-electron chi connectivity index (χ3n) is 6.24. The molecule has 0 amide bonds. The fourth-order valence-electron chi connectivity index (χ4n) is 4.57. The summed E-state index contributed by atoms with van der Waals surface area (Å²) in [6.45, 7) is 4.51. The lowest BCUT2D eigenvalue weighted by atomic mass is 9.76. The summed E-state index contributed by atoms with van der Waals surface area (Å²) in [6.07, 6.45) is 20.3. The summed E-state index contributed by atoms with van der Waals surface area (Å²) in [4.78, 5) is 0. The zero-order valence-electron chi connectivity index (χ0n) is 16.1. The van der Waals surface area contributed by atoms with Crippen molar-refractivity contribution >= 4 is 0 Å². The summed E-state index contributed by atoms with van der Waals surface area (Å²) < 4.78 is 6.22. The van der Waals surface area contributed by atoms with Crippen molar-refractivity contribution in [3.63, 3.8) is 0 Å². The monoisotopic (exact) mass is 336 g/mol. The first kappa shape index (κ1) is 19.8. The van der Waals surface area contributed by atoms with Crippen molar-refractivity contribution in [3.8, 4) is 0 Å². The van der Waals surface area contributed by atoms with E-state index in [4.69, 9.17) is 4.74 Å². The number of ether oxygens (including phenoxy) is 1. The lowest BCUT2D eigenvalue weighted by molar-refractivity contribution is -0.0691. The van der Waals surface area contributed by atoms with Crippen LogP contribution in [0.5, 0.6) is 0 Å². The van der Waals surface area contributed by atoms with Gasteiger partial charge in [0.25, 0.3) is 0 Å². The molecule has 2 heteroatoms. The predicted molar refractivity (Wildman–Crippen MR) is 102 cm³/mol. The zero-order chi connectivity index (χ0) is 17.2. The Morgan fingerprint density at radius 3 is 2.12 bits per heavy atom. The Balaban J connectivity index is 1.92. The molecule has 1 N–H and O–H groups in total. The van der Waals surface area contributed by atoms with E-state index in [9.17, 15) is 5.11 Å². The topological polar surface area (TPSA) is 29.5 Å². The van der Waals surface area contributed by atoms with Gasteiger partial charge in [-0.25, -0.2) is 0 Å². The van der Waals surface area contributed by atoms with E-state index in [0.29, 0.717) is 17.8 Å². The molecule has 0 aliphatic heterocycles. The second kappa shape index (κ2) is 11.2. The Morgan fingerprint density at radius 1 is 0.958 bits per heavy atom. The molecule has 3 atom stereocenters. The van der Waals surface area contributed by atoms with Crippen LogP contribution in [0.4, 0.5) is 0 Å². The van der Waals surface area contributed by atoms with Crippen LogP contribution in [0.3, 0.4) is 0 Å². The standard InChI is InChI=1S/C22H40O2/c1-3-4-11-18(2)16-17-24-22(20-14-9-6-10-15-20)21(23)19-12-7-5-8-13-19/h16-23H,3-15H2,1-2H3/b17-16+/t18?,21-,22-/m1/s1. The third kappa shape index (κ3) is 6.43. The number of aliphatic hydroxyl groups is 1. The molecule has 0 aromatic rings. The Morgan fingerprint density at radius 2 is 1.54 bits per heavy atom. The molecule has 0 heterocycles. The van der Waals surface area contributed by atoms with Gasteiger partial charge in [0.2, 0.25) is 0 Å². The van der Waals surface area contributed by atoms with Crippen molar-refractivity contribution in [2.45, 2.75) is 110 Å². The first-order valence-corrected chi connectivity index (χ1v) is 10.7. The zero-order valence-corrected chi connectivity index (χ0v) is 16.1. The van der Waals surface area contributed by atoms with E-state index in [1.165, 1.54) is 83.5 Å². The summed E-state index contributed by atoms with van der Waals surface area (Å²) in [5, 5.41) is 11.0. The van der Waals surface area contributed by atoms with E-state index in [1.54, 1.807) is 0 Å². The highest BCUT2D eigenvalue weighted by atomic mass is 16.5. The van der Waals surface area contributed by atoms with Crippen LogP contribution in [-0.2, 0) is 4.74 Å². The van der Waals surface area contributed by atoms with Crippen LogP contribution in [0, 0.1) is 17.8 Å². The molecule has 2 nitrogen and oxygen atoms in total. The van der Waals surface area contributed by atoms with Gasteiger partial charge in [-0.05, 0) is 55.9 Å². The van der Waals surface area contributed by atoms with Gasteiger partial charge in [0.15, 0.2) is 0 Å². The second-order valence-electron chi connectivity index (χ2n) is 8.34. The molecule has 0 bridgehead atoms. The SMILES string of the molecule is CCCCC(C)/C=C/O[C@H](C1CCCCC1)[C@H](O)C1CCCCC1. The van der Waals surface area contributed by atoms with Crippen LogP contribution < -0.4 is 0 Å². The van der Waals surface area contributed by atoms with Crippen molar-refractivity contribution in [2.24, 2.45) is 17.8 Å². The maximum Gasteiger partial charge on any atom is 0.127 e. The minimum Gasteiger partial charge on any atom is -0.495 e. The molecule has 0 radical (unpaired) electrons. The van der Waals surface area contributed by atoms with E-state index < -0.39 is 0 Å². The number of hydrogen-bond donors (Lipinski definition) is 1. The molecule has 2 rings (SSSR count). The fraction of sp³-hybridized carbons (Fsp3) is 0.909. The Labute approximate surface area is 150 Å². The second-order valence-corrected chi connectivity index (χ2v) is 8.34. The van der Waals surface area contributed by atoms with E-state index >= 15 is 0 Å². The van der Waals surface area contributed by atoms with Crippen molar-refractivity contribution < 1.29 is 9.84 Å². The summed E-state index contributed by atoms with van der Waals surface area (Å²) in [5.74, 6) is 1.58. The third-order valence-corrected chi connectivity index (χ3v) is 6.24. The van der Waals surface area contributed by atoms with E-state index in [2.05, 4.69) is 19.9 Å². The summed E-state index contributed by atoms with van der Waals surface area (Å²) in [6, 6.07) is 0. The Bertz CT molecular complexity index is 340. The minimum absolute atomic E-state index is 0.0167. The lowest BCUT2D eigenvalue weighted by Gasteiger charge is -2.37. The highest BCUT2D eigenvalue weighted by Gasteiger charge is 2.35. The molecular weight excluding hydrogens is 296 g/mol. The molecule has 2 saturated carbocycles. The van der Waals surface area contributed by atoms with E-state index in [1.807, 2.05) is 6.26 Å². The number of rotatable bonds is 9. The maximum atomic E-state index is 11.0. The number of aliphatic hydroxyl groups excluding tert-OH is 1. The van der Waals surface area contributed by atoms with Gasteiger partial charge >= 0.3 is 0 Å². The van der Waals surface area contributed by atoms with Gasteiger partial charge in [0.05, 0.1) is 12.4 Å². The molecule has 0 spiro atoms. The van der Waals surface area contributed by atoms with Crippen molar-refractivity contribution in [2.75, 3.05) is 0 Å². The van der Waals surface area contributed by atoms with Gasteiger partial charge in [-0.3, -0.25) is 0 Å². The molecular formula is C22H40O2. The molecule has 0 saturated heterocycles. The van der Waals surface area contributed by atoms with Crippen LogP contribution in [0.1, 0.15) is 97.3 Å². The van der Waals surface area contributed by atoms with Gasteiger partial charge in [0, 0.05) is 0 Å². The smallest absolute Gasteiger partial charge is 0.127 e. The molecule has 140 valence electrons. The summed E-state index contributed by atoms with van der Waals surface area (Å²) >= 11 is 0. The maximum absolute atomic E-state index is 11.0. The van der Waals surface area contributed by atoms with Gasteiger partial charge in [-0.1, -0.05) is 65.2 Å². The highest BCUT2D eigenvalue weighted by molar-refractivity contribution is 4.89. The predicted octanol–water partition coefficient (Wildman–Crippen LogP) is 6.23. The first-order chi connectivity index (χ1) is 11.7. The highest BCUT2D eigenvalue weighted by Crippen LogP contribution is 2.35. The number of allylic oxidation sites excluding steroid dienone is 1. The fourth-order valence-corrected chi connectivity index (χ4v) is 4.57.